The van der Waals surface area contributed by atoms with Gasteiger partial charge >= 0.3 is 6.18 Å². The van der Waals surface area contributed by atoms with Crippen LogP contribution >= 0.6 is 0 Å². The second-order valence-corrected chi connectivity index (χ2v) is 3.71. The molecule has 1 heterocycles. The fourth-order valence-electron chi connectivity index (χ4n) is 1.76. The maximum Gasteiger partial charge on any atom is 0.393 e. The molecule has 1 saturated heterocycles. The molecule has 0 aromatic carbocycles. The van der Waals surface area contributed by atoms with Crippen LogP contribution in [0.25, 0.3) is 0 Å². The van der Waals surface area contributed by atoms with Crippen molar-refractivity contribution in [3.63, 3.8) is 0 Å². The van der Waals surface area contributed by atoms with E-state index in [4.69, 9.17) is 0 Å². The lowest BCUT2D eigenvalue weighted by molar-refractivity contribution is -0.182. The monoisotopic (exact) mass is 181 g/mol. The second-order valence-electron chi connectivity index (χ2n) is 3.71. The topological polar surface area (TPSA) is 12.0 Å². The first kappa shape index (κ1) is 9.84. The van der Waals surface area contributed by atoms with E-state index in [-0.39, 0.29) is 18.4 Å². The molecule has 0 amide bonds. The molecule has 4 heteroatoms. The summed E-state index contributed by atoms with van der Waals surface area (Å²) in [5.74, 6) is -1.28. The molecule has 0 bridgehead atoms. The molecule has 12 heavy (non-hydrogen) atoms. The van der Waals surface area contributed by atoms with E-state index in [2.05, 4.69) is 5.32 Å². The molecule has 2 atom stereocenters. The molecule has 1 nitrogen and oxygen atoms in total. The number of halogens is 3. The Morgan fingerprint density at radius 1 is 1.25 bits per heavy atom. The van der Waals surface area contributed by atoms with E-state index in [9.17, 15) is 13.2 Å². The molecule has 0 aromatic heterocycles. The smallest absolute Gasteiger partial charge is 0.316 e. The van der Waals surface area contributed by atoms with Crippen molar-refractivity contribution in [3.8, 4) is 0 Å². The quantitative estimate of drug-likeness (QED) is 0.652. The van der Waals surface area contributed by atoms with Crippen LogP contribution in [0, 0.1) is 17.8 Å². The highest BCUT2D eigenvalue weighted by Crippen LogP contribution is 2.37. The van der Waals surface area contributed by atoms with Gasteiger partial charge in [-0.05, 0) is 18.4 Å². The first-order chi connectivity index (χ1) is 5.43. The highest BCUT2D eigenvalue weighted by atomic mass is 19.4. The van der Waals surface area contributed by atoms with Crippen molar-refractivity contribution in [2.75, 3.05) is 13.1 Å². The summed E-state index contributed by atoms with van der Waals surface area (Å²) in [6.45, 7) is 4.28. The summed E-state index contributed by atoms with van der Waals surface area (Å²) in [5.41, 5.74) is 0. The summed E-state index contributed by atoms with van der Waals surface area (Å²) in [7, 11) is 0. The number of rotatable bonds is 1. The van der Waals surface area contributed by atoms with Crippen LogP contribution in [0.3, 0.4) is 0 Å². The van der Waals surface area contributed by atoms with Crippen LogP contribution in [-0.4, -0.2) is 19.3 Å². The molecule has 1 aliphatic heterocycles. The summed E-state index contributed by atoms with van der Waals surface area (Å²) in [5, 5.41) is 2.79. The van der Waals surface area contributed by atoms with Gasteiger partial charge in [-0.25, -0.2) is 0 Å². The van der Waals surface area contributed by atoms with Crippen LogP contribution < -0.4 is 5.32 Å². The Morgan fingerprint density at radius 2 is 1.83 bits per heavy atom. The Bertz CT molecular complexity index is 153. The molecule has 1 rings (SSSR count). The van der Waals surface area contributed by atoms with Gasteiger partial charge in [-0.2, -0.15) is 13.2 Å². The number of nitrogens with one attached hydrogen (secondary N) is 1. The minimum absolute atomic E-state index is 0.0896. The summed E-state index contributed by atoms with van der Waals surface area (Å²) < 4.78 is 37.0. The molecular formula is C8H14F3N. The second kappa shape index (κ2) is 3.24. The number of hydrogen-bond donors (Lipinski definition) is 1. The van der Waals surface area contributed by atoms with Gasteiger partial charge in [0.15, 0.2) is 0 Å². The van der Waals surface area contributed by atoms with E-state index in [1.165, 1.54) is 0 Å². The fraction of sp³-hybridized carbons (Fsp3) is 1.00. The van der Waals surface area contributed by atoms with Crippen molar-refractivity contribution in [2.45, 2.75) is 20.0 Å². The van der Waals surface area contributed by atoms with Gasteiger partial charge in [0, 0.05) is 6.54 Å². The molecular weight excluding hydrogens is 167 g/mol. The van der Waals surface area contributed by atoms with Gasteiger partial charge in [0.25, 0.3) is 0 Å². The van der Waals surface area contributed by atoms with Gasteiger partial charge in [-0.1, -0.05) is 13.8 Å². The molecule has 1 N–H and O–H groups in total. The van der Waals surface area contributed by atoms with E-state index in [1.54, 1.807) is 0 Å². The predicted molar refractivity (Wildman–Crippen MR) is 40.7 cm³/mol. The van der Waals surface area contributed by atoms with Crippen LogP contribution in [0.2, 0.25) is 0 Å². The minimum atomic E-state index is -4.03. The third kappa shape index (κ3) is 1.91. The van der Waals surface area contributed by atoms with Gasteiger partial charge < -0.3 is 5.32 Å². The first-order valence-corrected chi connectivity index (χ1v) is 4.20. The van der Waals surface area contributed by atoms with E-state index < -0.39 is 12.1 Å². The Morgan fingerprint density at radius 3 is 2.17 bits per heavy atom. The fourth-order valence-corrected chi connectivity index (χ4v) is 1.76. The summed E-state index contributed by atoms with van der Waals surface area (Å²) >= 11 is 0. The average molecular weight is 181 g/mol. The minimum Gasteiger partial charge on any atom is -0.316 e. The molecule has 72 valence electrons. The van der Waals surface area contributed by atoms with Crippen molar-refractivity contribution in [3.05, 3.63) is 0 Å². The van der Waals surface area contributed by atoms with Crippen LogP contribution in [-0.2, 0) is 0 Å². The molecule has 0 unspecified atom stereocenters. The summed E-state index contributed by atoms with van der Waals surface area (Å²) in [6.07, 6.45) is -4.03. The third-order valence-corrected chi connectivity index (χ3v) is 2.54. The molecule has 0 spiro atoms. The maximum atomic E-state index is 12.3. The van der Waals surface area contributed by atoms with Crippen LogP contribution in [0.5, 0.6) is 0 Å². The third-order valence-electron chi connectivity index (χ3n) is 2.54. The normalized spacial score (nSPS) is 31.5. The van der Waals surface area contributed by atoms with Gasteiger partial charge in [0.2, 0.25) is 0 Å². The van der Waals surface area contributed by atoms with Crippen LogP contribution in [0.15, 0.2) is 0 Å². The molecule has 0 aromatic rings. The predicted octanol–water partition coefficient (Wildman–Crippen LogP) is 2.04. The highest BCUT2D eigenvalue weighted by molar-refractivity contribution is 4.87. The van der Waals surface area contributed by atoms with Gasteiger partial charge in [-0.15, -0.1) is 0 Å². The summed E-state index contributed by atoms with van der Waals surface area (Å²) in [4.78, 5) is 0. The van der Waals surface area contributed by atoms with Gasteiger partial charge in [0.1, 0.15) is 0 Å². The zero-order chi connectivity index (χ0) is 9.35. The number of alkyl halides is 3. The molecule has 1 fully saturated rings. The zero-order valence-electron chi connectivity index (χ0n) is 7.28. The lowest BCUT2D eigenvalue weighted by Gasteiger charge is -2.23. The molecule has 0 saturated carbocycles. The van der Waals surface area contributed by atoms with Crippen molar-refractivity contribution in [1.29, 1.82) is 0 Å². The van der Waals surface area contributed by atoms with E-state index in [1.807, 2.05) is 13.8 Å². The van der Waals surface area contributed by atoms with Gasteiger partial charge in [0.05, 0.1) is 5.92 Å². The largest absolute Gasteiger partial charge is 0.393 e. The van der Waals surface area contributed by atoms with Crippen molar-refractivity contribution >= 4 is 0 Å². The number of hydrogen-bond acceptors (Lipinski definition) is 1. The lowest BCUT2D eigenvalue weighted by atomic mass is 9.86. The molecule has 1 aliphatic rings. The standard InChI is InChI=1S/C8H14F3N/c1-5(2)6-3-12-4-7(6)8(9,10)11/h5-7,12H,3-4H2,1-2H3/t6-,7+/m1/s1. The average Bonchev–Trinajstić information content (AvgIpc) is 2.30. The maximum absolute atomic E-state index is 12.3. The first-order valence-electron chi connectivity index (χ1n) is 4.20. The van der Waals surface area contributed by atoms with E-state index in [0.717, 1.165) is 0 Å². The van der Waals surface area contributed by atoms with Crippen molar-refractivity contribution in [1.82, 2.24) is 5.32 Å². The zero-order valence-corrected chi connectivity index (χ0v) is 7.28. The Kier molecular flexibility index (Phi) is 2.66. The molecule has 0 aliphatic carbocycles. The van der Waals surface area contributed by atoms with Crippen molar-refractivity contribution in [2.24, 2.45) is 17.8 Å². The summed E-state index contributed by atoms with van der Waals surface area (Å²) in [6, 6.07) is 0. The molecule has 0 radical (unpaired) electrons. The Balaban J connectivity index is 2.64. The Hall–Kier alpha value is -0.250. The Labute approximate surface area is 70.3 Å². The van der Waals surface area contributed by atoms with Crippen LogP contribution in [0.1, 0.15) is 13.8 Å². The van der Waals surface area contributed by atoms with Crippen LogP contribution in [0.4, 0.5) is 13.2 Å². The highest BCUT2D eigenvalue weighted by Gasteiger charge is 2.47. The van der Waals surface area contributed by atoms with Crippen molar-refractivity contribution < 1.29 is 13.2 Å². The lowest BCUT2D eigenvalue weighted by Crippen LogP contribution is -2.32. The van der Waals surface area contributed by atoms with E-state index in [0.29, 0.717) is 6.54 Å². The SMILES string of the molecule is CC(C)[C@H]1CNC[C@@H]1C(F)(F)F. The van der Waals surface area contributed by atoms with Gasteiger partial charge in [-0.3, -0.25) is 0 Å². The van der Waals surface area contributed by atoms with E-state index >= 15 is 0 Å².